The minimum Gasteiger partial charge on any atom is -0.326 e. The Balaban J connectivity index is 1.38. The second-order valence-electron chi connectivity index (χ2n) is 8.46. The van der Waals surface area contributed by atoms with Crippen molar-refractivity contribution in [1.29, 1.82) is 5.26 Å². The van der Waals surface area contributed by atoms with E-state index in [4.69, 9.17) is 11.6 Å². The van der Waals surface area contributed by atoms with Crippen LogP contribution in [0.3, 0.4) is 0 Å². The van der Waals surface area contributed by atoms with Gasteiger partial charge in [-0.3, -0.25) is 9.59 Å². The smallest absolute Gasteiger partial charge is 0.238 e. The highest BCUT2D eigenvalue weighted by Gasteiger charge is 2.20. The molecule has 0 saturated carbocycles. The Kier molecular flexibility index (Phi) is 8.67. The predicted octanol–water partition coefficient (Wildman–Crippen LogP) is 7.55. The molecule has 4 rings (SSSR count). The number of anilines is 2. The Hall–Kier alpha value is -3.57. The molecule has 0 aliphatic rings. The van der Waals surface area contributed by atoms with Gasteiger partial charge in [0.1, 0.15) is 11.1 Å². The Labute approximate surface area is 229 Å². The number of aryl methyl sites for hydroxylation is 1. The molecule has 2 amide bonds. The number of halogens is 1. The van der Waals surface area contributed by atoms with Gasteiger partial charge in [0.25, 0.3) is 0 Å². The number of carbonyl (C=O) groups is 2. The number of hydrogen-bond acceptors (Lipinski definition) is 5. The number of nitriles is 1. The van der Waals surface area contributed by atoms with Crippen molar-refractivity contribution in [3.63, 3.8) is 0 Å². The molecule has 37 heavy (non-hydrogen) atoms. The average molecular weight is 546 g/mol. The van der Waals surface area contributed by atoms with E-state index < -0.39 is 5.25 Å². The zero-order valence-corrected chi connectivity index (χ0v) is 22.6. The fourth-order valence-corrected chi connectivity index (χ4v) is 5.59. The molecule has 3 aromatic carbocycles. The summed E-state index contributed by atoms with van der Waals surface area (Å²) in [7, 11) is 0. The van der Waals surface area contributed by atoms with E-state index in [0.717, 1.165) is 27.1 Å². The Morgan fingerprint density at radius 1 is 1.05 bits per heavy atom. The van der Waals surface area contributed by atoms with Crippen LogP contribution >= 0.6 is 34.7 Å². The first kappa shape index (κ1) is 26.5. The molecule has 1 heterocycles. The number of rotatable bonds is 8. The minimum atomic E-state index is -0.420. The van der Waals surface area contributed by atoms with Gasteiger partial charge in [0.05, 0.1) is 17.2 Å². The van der Waals surface area contributed by atoms with E-state index in [9.17, 15) is 14.9 Å². The molecule has 2 N–H and O–H groups in total. The first-order chi connectivity index (χ1) is 17.8. The highest BCUT2D eigenvalue weighted by atomic mass is 35.5. The molecule has 1 aromatic heterocycles. The van der Waals surface area contributed by atoms with Gasteiger partial charge in [-0.15, -0.1) is 23.1 Å². The number of nitrogens with zero attached hydrogens (tertiary/aromatic N) is 1. The predicted molar refractivity (Wildman–Crippen MR) is 153 cm³/mol. The molecular weight excluding hydrogens is 522 g/mol. The van der Waals surface area contributed by atoms with Crippen LogP contribution in [-0.2, 0) is 16.0 Å². The summed E-state index contributed by atoms with van der Waals surface area (Å²) in [6.45, 7) is 3.82. The van der Waals surface area contributed by atoms with Crippen molar-refractivity contribution in [2.75, 3.05) is 10.6 Å². The first-order valence-electron chi connectivity index (χ1n) is 11.5. The molecule has 186 valence electrons. The monoisotopic (exact) mass is 545 g/mol. The summed E-state index contributed by atoms with van der Waals surface area (Å²) in [5.41, 5.74) is 4.88. The topological polar surface area (TPSA) is 82.0 Å². The summed E-state index contributed by atoms with van der Waals surface area (Å²) in [5, 5.41) is 18.2. The largest absolute Gasteiger partial charge is 0.326 e. The lowest BCUT2D eigenvalue weighted by atomic mass is 10.0. The van der Waals surface area contributed by atoms with Crippen LogP contribution in [0.1, 0.15) is 23.6 Å². The van der Waals surface area contributed by atoms with Gasteiger partial charge in [-0.1, -0.05) is 59.6 Å². The Bertz CT molecular complexity index is 1460. The van der Waals surface area contributed by atoms with Crippen LogP contribution in [0.2, 0.25) is 5.02 Å². The van der Waals surface area contributed by atoms with Crippen LogP contribution in [0.25, 0.3) is 11.1 Å². The van der Waals surface area contributed by atoms with E-state index in [1.165, 1.54) is 23.1 Å². The van der Waals surface area contributed by atoms with Gasteiger partial charge in [-0.25, -0.2) is 0 Å². The lowest BCUT2D eigenvalue weighted by molar-refractivity contribution is -0.116. The number of thiophene rings is 1. The molecule has 0 spiro atoms. The van der Waals surface area contributed by atoms with Gasteiger partial charge in [0.2, 0.25) is 11.8 Å². The maximum atomic E-state index is 13.0. The molecule has 0 radical (unpaired) electrons. The molecule has 1 atom stereocenters. The van der Waals surface area contributed by atoms with E-state index in [-0.39, 0.29) is 18.2 Å². The SMILES string of the molecule is Cc1ccc(-c2csc(NC(=O)C(C)Sc3cccc(NC(=O)Cc4ccc(Cl)cc4)c3)c2C#N)cc1. The molecule has 0 bridgehead atoms. The van der Waals surface area contributed by atoms with E-state index >= 15 is 0 Å². The zero-order valence-electron chi connectivity index (χ0n) is 20.2. The summed E-state index contributed by atoms with van der Waals surface area (Å²) >= 11 is 8.63. The summed E-state index contributed by atoms with van der Waals surface area (Å²) in [6.07, 6.45) is 0.236. The van der Waals surface area contributed by atoms with Crippen molar-refractivity contribution >= 4 is 57.2 Å². The third kappa shape index (κ3) is 7.01. The van der Waals surface area contributed by atoms with Gasteiger partial charge in [-0.05, 0) is 55.3 Å². The summed E-state index contributed by atoms with van der Waals surface area (Å²) < 4.78 is 0. The van der Waals surface area contributed by atoms with Crippen LogP contribution in [0.5, 0.6) is 0 Å². The maximum Gasteiger partial charge on any atom is 0.238 e. The molecule has 5 nitrogen and oxygen atoms in total. The van der Waals surface area contributed by atoms with Crippen molar-refractivity contribution in [1.82, 2.24) is 0 Å². The normalized spacial score (nSPS) is 11.4. The summed E-state index contributed by atoms with van der Waals surface area (Å²) in [4.78, 5) is 26.3. The van der Waals surface area contributed by atoms with E-state index in [0.29, 0.717) is 21.3 Å². The second kappa shape index (κ2) is 12.1. The number of thioether (sulfide) groups is 1. The van der Waals surface area contributed by atoms with Gasteiger partial charge < -0.3 is 10.6 Å². The fourth-order valence-electron chi connectivity index (χ4n) is 3.62. The number of amides is 2. The molecule has 0 aliphatic carbocycles. The van der Waals surface area contributed by atoms with Gasteiger partial charge >= 0.3 is 0 Å². The van der Waals surface area contributed by atoms with E-state index in [2.05, 4.69) is 16.7 Å². The van der Waals surface area contributed by atoms with Gasteiger partial charge in [0.15, 0.2) is 0 Å². The molecule has 0 aliphatic heterocycles. The molecule has 0 fully saturated rings. The quantitative estimate of drug-likeness (QED) is 0.224. The number of benzene rings is 3. The van der Waals surface area contributed by atoms with Crippen LogP contribution in [0, 0.1) is 18.3 Å². The second-order valence-corrected chi connectivity index (χ2v) is 11.2. The highest BCUT2D eigenvalue weighted by Crippen LogP contribution is 2.36. The average Bonchev–Trinajstić information content (AvgIpc) is 3.28. The summed E-state index contributed by atoms with van der Waals surface area (Å²) in [6, 6.07) is 24.7. The molecule has 0 saturated heterocycles. The molecule has 8 heteroatoms. The van der Waals surface area contributed by atoms with Gasteiger partial charge in [-0.2, -0.15) is 5.26 Å². The lowest BCUT2D eigenvalue weighted by Gasteiger charge is -2.13. The lowest BCUT2D eigenvalue weighted by Crippen LogP contribution is -2.22. The first-order valence-corrected chi connectivity index (χ1v) is 13.7. The van der Waals surface area contributed by atoms with Crippen LogP contribution < -0.4 is 10.6 Å². The van der Waals surface area contributed by atoms with Crippen molar-refractivity contribution < 1.29 is 9.59 Å². The number of hydrogen-bond donors (Lipinski definition) is 2. The molecule has 4 aromatic rings. The van der Waals surface area contributed by atoms with Gasteiger partial charge in [0, 0.05) is 26.5 Å². The van der Waals surface area contributed by atoms with E-state index in [1.54, 1.807) is 12.1 Å². The molecular formula is C29H24ClN3O2S2. The standard InChI is InChI=1S/C29H24ClN3O2S2/c1-18-6-10-21(11-7-18)26-17-36-29(25(26)16-31)33-28(35)19(2)37-24-5-3-4-23(15-24)32-27(34)14-20-8-12-22(30)13-9-20/h3-13,15,17,19H,14H2,1-2H3,(H,32,34)(H,33,35). The highest BCUT2D eigenvalue weighted by molar-refractivity contribution is 8.00. The number of nitrogens with one attached hydrogen (secondary N) is 2. The minimum absolute atomic E-state index is 0.138. The van der Waals surface area contributed by atoms with E-state index in [1.807, 2.05) is 79.9 Å². The van der Waals surface area contributed by atoms with Crippen molar-refractivity contribution in [3.05, 3.63) is 99.9 Å². The summed E-state index contributed by atoms with van der Waals surface area (Å²) in [5.74, 6) is -0.336. The third-order valence-corrected chi connectivity index (χ3v) is 7.82. The van der Waals surface area contributed by atoms with Crippen molar-refractivity contribution in [3.8, 4) is 17.2 Å². The van der Waals surface area contributed by atoms with Crippen LogP contribution in [0.15, 0.2) is 83.1 Å². The Morgan fingerprint density at radius 3 is 2.49 bits per heavy atom. The molecule has 1 unspecified atom stereocenters. The van der Waals surface area contributed by atoms with Crippen molar-refractivity contribution in [2.45, 2.75) is 30.4 Å². The van der Waals surface area contributed by atoms with Crippen molar-refractivity contribution in [2.24, 2.45) is 0 Å². The fraction of sp³-hybridized carbons (Fsp3) is 0.138. The maximum absolute atomic E-state index is 13.0. The van der Waals surface area contributed by atoms with Crippen LogP contribution in [0.4, 0.5) is 10.7 Å². The number of carbonyl (C=O) groups excluding carboxylic acids is 2. The zero-order chi connectivity index (χ0) is 26.4. The van der Waals surface area contributed by atoms with Crippen LogP contribution in [-0.4, -0.2) is 17.1 Å². The third-order valence-electron chi connectivity index (χ3n) is 5.58. The Morgan fingerprint density at radius 2 is 1.78 bits per heavy atom.